The molecule has 0 saturated heterocycles. The van der Waals surface area contributed by atoms with Crippen molar-refractivity contribution in [2.75, 3.05) is 12.0 Å². The summed E-state index contributed by atoms with van der Waals surface area (Å²) in [6.45, 7) is 0. The highest BCUT2D eigenvalue weighted by Gasteiger charge is 2.09. The van der Waals surface area contributed by atoms with Crippen molar-refractivity contribution in [3.05, 3.63) is 35.4 Å². The molecule has 1 aromatic rings. The van der Waals surface area contributed by atoms with E-state index in [1.54, 1.807) is 0 Å². The van der Waals surface area contributed by atoms with E-state index in [0.717, 1.165) is 12.1 Å². The zero-order valence-corrected chi connectivity index (χ0v) is 7.94. The predicted octanol–water partition coefficient (Wildman–Crippen LogP) is 2.36. The highest BCUT2D eigenvalue weighted by atomic mass is 32.2. The molecule has 0 fully saturated rings. The van der Waals surface area contributed by atoms with Crippen LogP contribution < -0.4 is 0 Å². The van der Waals surface area contributed by atoms with Gasteiger partial charge in [-0.2, -0.15) is 11.8 Å². The number of benzene rings is 1. The number of halogens is 2. The van der Waals surface area contributed by atoms with Gasteiger partial charge >= 0.3 is 0 Å². The van der Waals surface area contributed by atoms with Gasteiger partial charge in [0.15, 0.2) is 11.6 Å². The summed E-state index contributed by atoms with van der Waals surface area (Å²) >= 11 is 1.45. The number of thioether (sulfide) groups is 1. The second-order valence-electron chi connectivity index (χ2n) is 2.64. The van der Waals surface area contributed by atoms with E-state index in [1.165, 1.54) is 17.8 Å². The minimum Gasteiger partial charge on any atom is -0.388 e. The third-order valence-electron chi connectivity index (χ3n) is 1.65. The summed E-state index contributed by atoms with van der Waals surface area (Å²) in [5.74, 6) is -1.33. The van der Waals surface area contributed by atoms with Crippen LogP contribution in [0.2, 0.25) is 0 Å². The van der Waals surface area contributed by atoms with E-state index in [0.29, 0.717) is 11.3 Å². The van der Waals surface area contributed by atoms with Crippen LogP contribution >= 0.6 is 11.8 Å². The maximum Gasteiger partial charge on any atom is 0.159 e. The molecule has 1 atom stereocenters. The molecule has 1 aromatic carbocycles. The van der Waals surface area contributed by atoms with Gasteiger partial charge in [0, 0.05) is 5.75 Å². The normalized spacial score (nSPS) is 12.9. The molecule has 0 aliphatic carbocycles. The van der Waals surface area contributed by atoms with Crippen LogP contribution in [0.4, 0.5) is 8.78 Å². The van der Waals surface area contributed by atoms with Gasteiger partial charge in [-0.3, -0.25) is 0 Å². The fourth-order valence-electron chi connectivity index (χ4n) is 0.974. The van der Waals surface area contributed by atoms with E-state index < -0.39 is 17.7 Å². The molecule has 0 saturated carbocycles. The molecule has 0 aliphatic rings. The largest absolute Gasteiger partial charge is 0.388 e. The Labute approximate surface area is 79.8 Å². The average Bonchev–Trinajstić information content (AvgIpc) is 2.10. The first-order chi connectivity index (χ1) is 6.15. The van der Waals surface area contributed by atoms with Crippen LogP contribution in [-0.2, 0) is 0 Å². The first kappa shape index (κ1) is 10.5. The lowest BCUT2D eigenvalue weighted by atomic mass is 10.1. The van der Waals surface area contributed by atoms with Crippen molar-refractivity contribution in [1.82, 2.24) is 0 Å². The smallest absolute Gasteiger partial charge is 0.159 e. The van der Waals surface area contributed by atoms with Gasteiger partial charge in [0.25, 0.3) is 0 Å². The molecular formula is C9H10F2OS. The molecule has 0 radical (unpaired) electrons. The maximum atomic E-state index is 12.7. The summed E-state index contributed by atoms with van der Waals surface area (Å²) in [4.78, 5) is 0. The Hall–Kier alpha value is -0.610. The monoisotopic (exact) mass is 204 g/mol. The molecule has 4 heteroatoms. The van der Waals surface area contributed by atoms with Gasteiger partial charge in [-0.25, -0.2) is 8.78 Å². The second kappa shape index (κ2) is 4.58. The molecular weight excluding hydrogens is 194 g/mol. The van der Waals surface area contributed by atoms with E-state index in [1.807, 2.05) is 6.26 Å². The van der Waals surface area contributed by atoms with E-state index in [4.69, 9.17) is 0 Å². The molecule has 1 N–H and O–H groups in total. The Balaban J connectivity index is 2.84. The quantitative estimate of drug-likeness (QED) is 0.815. The van der Waals surface area contributed by atoms with E-state index in [2.05, 4.69) is 0 Å². The maximum absolute atomic E-state index is 12.7. The average molecular weight is 204 g/mol. The molecule has 1 rings (SSSR count). The highest BCUT2D eigenvalue weighted by molar-refractivity contribution is 7.98. The molecule has 1 nitrogen and oxygen atoms in total. The third-order valence-corrected chi connectivity index (χ3v) is 2.30. The van der Waals surface area contributed by atoms with Gasteiger partial charge in [-0.1, -0.05) is 6.07 Å². The molecule has 0 aliphatic heterocycles. The lowest BCUT2D eigenvalue weighted by molar-refractivity contribution is 0.203. The predicted molar refractivity (Wildman–Crippen MR) is 49.7 cm³/mol. The number of hydrogen-bond donors (Lipinski definition) is 1. The summed E-state index contributed by atoms with van der Waals surface area (Å²) in [6.07, 6.45) is 1.11. The number of aliphatic hydroxyl groups excluding tert-OH is 1. The third kappa shape index (κ3) is 2.67. The van der Waals surface area contributed by atoms with Crippen molar-refractivity contribution in [2.24, 2.45) is 0 Å². The Morgan fingerprint density at radius 3 is 2.62 bits per heavy atom. The molecule has 1 unspecified atom stereocenters. The molecule has 13 heavy (non-hydrogen) atoms. The Morgan fingerprint density at radius 2 is 2.08 bits per heavy atom. The van der Waals surface area contributed by atoms with Crippen molar-refractivity contribution in [1.29, 1.82) is 0 Å². The van der Waals surface area contributed by atoms with Gasteiger partial charge in [-0.15, -0.1) is 0 Å². The van der Waals surface area contributed by atoms with Gasteiger partial charge in [0.2, 0.25) is 0 Å². The summed E-state index contributed by atoms with van der Waals surface area (Å²) in [7, 11) is 0. The van der Waals surface area contributed by atoms with Crippen LogP contribution in [0, 0.1) is 11.6 Å². The Morgan fingerprint density at radius 1 is 1.38 bits per heavy atom. The first-order valence-corrected chi connectivity index (χ1v) is 5.16. The Bertz CT molecular complexity index is 291. The molecule has 0 bridgehead atoms. The summed E-state index contributed by atoms with van der Waals surface area (Å²) in [6, 6.07) is 3.43. The van der Waals surface area contributed by atoms with Gasteiger partial charge in [0.1, 0.15) is 0 Å². The zero-order valence-electron chi connectivity index (χ0n) is 7.13. The lowest BCUT2D eigenvalue weighted by Crippen LogP contribution is -2.01. The molecule has 72 valence electrons. The standard InChI is InChI=1S/C9H10F2OS/c1-13-5-9(12)6-2-3-7(10)8(11)4-6/h2-4,9,12H,5H2,1H3. The minimum absolute atomic E-state index is 0.410. The summed E-state index contributed by atoms with van der Waals surface area (Å²) in [5.41, 5.74) is 0.410. The molecule has 0 spiro atoms. The fraction of sp³-hybridized carbons (Fsp3) is 0.333. The van der Waals surface area contributed by atoms with Crippen molar-refractivity contribution in [3.8, 4) is 0 Å². The topological polar surface area (TPSA) is 20.2 Å². The van der Waals surface area contributed by atoms with E-state index >= 15 is 0 Å². The van der Waals surface area contributed by atoms with Gasteiger partial charge in [-0.05, 0) is 24.0 Å². The number of rotatable bonds is 3. The van der Waals surface area contributed by atoms with E-state index in [9.17, 15) is 13.9 Å². The summed E-state index contributed by atoms with van der Waals surface area (Å²) in [5, 5.41) is 9.43. The van der Waals surface area contributed by atoms with E-state index in [-0.39, 0.29) is 0 Å². The molecule has 0 amide bonds. The summed E-state index contributed by atoms with van der Waals surface area (Å²) < 4.78 is 25.2. The van der Waals surface area contributed by atoms with Crippen LogP contribution in [0.1, 0.15) is 11.7 Å². The van der Waals surface area contributed by atoms with Crippen molar-refractivity contribution >= 4 is 11.8 Å². The Kier molecular flexibility index (Phi) is 3.69. The van der Waals surface area contributed by atoms with Crippen molar-refractivity contribution < 1.29 is 13.9 Å². The second-order valence-corrected chi connectivity index (χ2v) is 3.56. The van der Waals surface area contributed by atoms with Crippen molar-refractivity contribution in [3.63, 3.8) is 0 Å². The van der Waals surface area contributed by atoms with Crippen LogP contribution in [-0.4, -0.2) is 17.1 Å². The number of aliphatic hydroxyl groups is 1. The fourth-order valence-corrected chi connectivity index (χ4v) is 1.48. The van der Waals surface area contributed by atoms with Gasteiger partial charge in [0.05, 0.1) is 6.10 Å². The van der Waals surface area contributed by atoms with Crippen LogP contribution in [0.25, 0.3) is 0 Å². The zero-order chi connectivity index (χ0) is 9.84. The minimum atomic E-state index is -0.919. The van der Waals surface area contributed by atoms with Crippen LogP contribution in [0.5, 0.6) is 0 Å². The number of hydrogen-bond acceptors (Lipinski definition) is 2. The first-order valence-electron chi connectivity index (χ1n) is 3.77. The highest BCUT2D eigenvalue weighted by Crippen LogP contribution is 2.18. The lowest BCUT2D eigenvalue weighted by Gasteiger charge is -2.08. The van der Waals surface area contributed by atoms with Crippen molar-refractivity contribution in [2.45, 2.75) is 6.10 Å². The molecule has 0 aromatic heterocycles. The SMILES string of the molecule is CSCC(O)c1ccc(F)c(F)c1. The molecule has 0 heterocycles. The van der Waals surface area contributed by atoms with Crippen LogP contribution in [0.3, 0.4) is 0 Å². The van der Waals surface area contributed by atoms with Gasteiger partial charge < -0.3 is 5.11 Å². The van der Waals surface area contributed by atoms with Crippen LogP contribution in [0.15, 0.2) is 18.2 Å².